The van der Waals surface area contributed by atoms with Gasteiger partial charge in [0.15, 0.2) is 0 Å². The van der Waals surface area contributed by atoms with Crippen molar-refractivity contribution < 1.29 is 0 Å². The van der Waals surface area contributed by atoms with Crippen molar-refractivity contribution in [2.75, 3.05) is 7.05 Å². The van der Waals surface area contributed by atoms with Gasteiger partial charge in [-0.05, 0) is 43.9 Å². The Hall–Kier alpha value is -0.890. The summed E-state index contributed by atoms with van der Waals surface area (Å²) in [6.07, 6.45) is 10.5. The second-order valence-corrected chi connectivity index (χ2v) is 4.51. The van der Waals surface area contributed by atoms with Crippen LogP contribution in [0.2, 0.25) is 0 Å². The normalized spacial score (nSPS) is 26.5. The summed E-state index contributed by atoms with van der Waals surface area (Å²) in [6.45, 7) is 0. The molecule has 1 aliphatic rings. The third-order valence-electron chi connectivity index (χ3n) is 3.50. The molecule has 2 heteroatoms. The third-order valence-corrected chi connectivity index (χ3v) is 3.50. The predicted octanol–water partition coefficient (Wildman–Crippen LogP) is 2.40. The first-order chi connectivity index (χ1) is 7.40. The summed E-state index contributed by atoms with van der Waals surface area (Å²) in [5.41, 5.74) is 1.38. The second-order valence-electron chi connectivity index (χ2n) is 4.51. The van der Waals surface area contributed by atoms with E-state index in [2.05, 4.69) is 23.4 Å². The zero-order valence-corrected chi connectivity index (χ0v) is 9.45. The van der Waals surface area contributed by atoms with E-state index in [1.165, 1.54) is 37.7 Å². The average Bonchev–Trinajstić information content (AvgIpc) is 2.31. The second kappa shape index (κ2) is 5.26. The first-order valence-electron chi connectivity index (χ1n) is 5.96. The lowest BCUT2D eigenvalue weighted by atomic mass is 9.81. The van der Waals surface area contributed by atoms with Gasteiger partial charge in [-0.3, -0.25) is 4.98 Å². The molecular weight excluding hydrogens is 184 g/mol. The molecule has 2 unspecified atom stereocenters. The van der Waals surface area contributed by atoms with Crippen molar-refractivity contribution in [3.8, 4) is 0 Å². The van der Waals surface area contributed by atoms with E-state index >= 15 is 0 Å². The van der Waals surface area contributed by atoms with Crippen LogP contribution in [0.5, 0.6) is 0 Å². The summed E-state index contributed by atoms with van der Waals surface area (Å²) >= 11 is 0. The lowest BCUT2D eigenvalue weighted by molar-refractivity contribution is 0.272. The molecule has 0 saturated heterocycles. The summed E-state index contributed by atoms with van der Waals surface area (Å²) in [7, 11) is 2.09. The van der Waals surface area contributed by atoms with Gasteiger partial charge in [-0.25, -0.2) is 0 Å². The van der Waals surface area contributed by atoms with E-state index in [0.717, 1.165) is 5.92 Å². The predicted molar refractivity (Wildman–Crippen MR) is 62.7 cm³/mol. The van der Waals surface area contributed by atoms with Gasteiger partial charge in [0.25, 0.3) is 0 Å². The minimum absolute atomic E-state index is 0.707. The number of rotatable bonds is 3. The Morgan fingerprint density at radius 3 is 3.00 bits per heavy atom. The van der Waals surface area contributed by atoms with E-state index in [4.69, 9.17) is 0 Å². The zero-order valence-electron chi connectivity index (χ0n) is 9.45. The van der Waals surface area contributed by atoms with E-state index < -0.39 is 0 Å². The van der Waals surface area contributed by atoms with Crippen LogP contribution < -0.4 is 5.32 Å². The van der Waals surface area contributed by atoms with Gasteiger partial charge in [0, 0.05) is 18.4 Å². The summed E-state index contributed by atoms with van der Waals surface area (Å²) in [5.74, 6) is 0.799. The SMILES string of the molecule is CNC1CCCCC1Cc1cccnc1. The molecule has 1 saturated carbocycles. The fourth-order valence-electron chi connectivity index (χ4n) is 2.65. The van der Waals surface area contributed by atoms with Crippen LogP contribution in [0.4, 0.5) is 0 Å². The van der Waals surface area contributed by atoms with Gasteiger partial charge in [-0.2, -0.15) is 0 Å². The minimum Gasteiger partial charge on any atom is -0.317 e. The van der Waals surface area contributed by atoms with Crippen molar-refractivity contribution in [3.63, 3.8) is 0 Å². The quantitative estimate of drug-likeness (QED) is 0.818. The Labute approximate surface area is 92.1 Å². The van der Waals surface area contributed by atoms with Gasteiger partial charge in [-0.15, -0.1) is 0 Å². The summed E-state index contributed by atoms with van der Waals surface area (Å²) in [4.78, 5) is 4.18. The van der Waals surface area contributed by atoms with Gasteiger partial charge in [-0.1, -0.05) is 18.9 Å². The first-order valence-corrected chi connectivity index (χ1v) is 5.96. The van der Waals surface area contributed by atoms with Gasteiger partial charge >= 0.3 is 0 Å². The van der Waals surface area contributed by atoms with E-state index in [9.17, 15) is 0 Å². The lowest BCUT2D eigenvalue weighted by Gasteiger charge is -2.31. The maximum atomic E-state index is 4.18. The smallest absolute Gasteiger partial charge is 0.0299 e. The van der Waals surface area contributed by atoms with Crippen LogP contribution >= 0.6 is 0 Å². The molecule has 0 amide bonds. The van der Waals surface area contributed by atoms with Crippen molar-refractivity contribution in [3.05, 3.63) is 30.1 Å². The molecule has 1 aromatic heterocycles. The van der Waals surface area contributed by atoms with Crippen molar-refractivity contribution >= 4 is 0 Å². The average molecular weight is 204 g/mol. The molecule has 1 aliphatic carbocycles. The standard InChI is InChI=1S/C13H20N2/c1-14-13-7-3-2-6-12(13)9-11-5-4-8-15-10-11/h4-5,8,10,12-14H,2-3,6-7,9H2,1H3. The molecule has 0 aliphatic heterocycles. The van der Waals surface area contributed by atoms with Crippen molar-refractivity contribution in [1.29, 1.82) is 0 Å². The number of pyridine rings is 1. The molecule has 2 atom stereocenters. The molecular formula is C13H20N2. The molecule has 82 valence electrons. The van der Waals surface area contributed by atoms with Crippen LogP contribution in [0, 0.1) is 5.92 Å². The monoisotopic (exact) mass is 204 g/mol. The summed E-state index contributed by atoms with van der Waals surface area (Å²) in [6, 6.07) is 4.93. The molecule has 1 aromatic rings. The fraction of sp³-hybridized carbons (Fsp3) is 0.615. The molecule has 1 heterocycles. The maximum absolute atomic E-state index is 4.18. The van der Waals surface area contributed by atoms with Crippen molar-refractivity contribution in [2.24, 2.45) is 5.92 Å². The van der Waals surface area contributed by atoms with Crippen LogP contribution in [0.25, 0.3) is 0 Å². The van der Waals surface area contributed by atoms with Crippen LogP contribution in [-0.4, -0.2) is 18.1 Å². The molecule has 15 heavy (non-hydrogen) atoms. The lowest BCUT2D eigenvalue weighted by Crippen LogP contribution is -2.37. The molecule has 1 N–H and O–H groups in total. The van der Waals surface area contributed by atoms with E-state index in [1.807, 2.05) is 18.5 Å². The number of nitrogens with one attached hydrogen (secondary N) is 1. The Morgan fingerprint density at radius 2 is 2.27 bits per heavy atom. The number of hydrogen-bond acceptors (Lipinski definition) is 2. The largest absolute Gasteiger partial charge is 0.317 e. The third kappa shape index (κ3) is 2.78. The van der Waals surface area contributed by atoms with Crippen molar-refractivity contribution in [2.45, 2.75) is 38.1 Å². The van der Waals surface area contributed by atoms with Crippen molar-refractivity contribution in [1.82, 2.24) is 10.3 Å². The Balaban J connectivity index is 1.97. The topological polar surface area (TPSA) is 24.9 Å². The maximum Gasteiger partial charge on any atom is 0.0299 e. The van der Waals surface area contributed by atoms with Crippen LogP contribution in [0.15, 0.2) is 24.5 Å². The van der Waals surface area contributed by atoms with E-state index in [1.54, 1.807) is 0 Å². The highest BCUT2D eigenvalue weighted by molar-refractivity contribution is 5.10. The molecule has 0 bridgehead atoms. The first kappa shape index (κ1) is 10.6. The highest BCUT2D eigenvalue weighted by Crippen LogP contribution is 2.27. The highest BCUT2D eigenvalue weighted by atomic mass is 14.9. The van der Waals surface area contributed by atoms with Gasteiger partial charge in [0.1, 0.15) is 0 Å². The zero-order chi connectivity index (χ0) is 10.5. The van der Waals surface area contributed by atoms with Crippen LogP contribution in [0.3, 0.4) is 0 Å². The van der Waals surface area contributed by atoms with Gasteiger partial charge in [0.2, 0.25) is 0 Å². The molecule has 2 nitrogen and oxygen atoms in total. The van der Waals surface area contributed by atoms with Crippen LogP contribution in [0.1, 0.15) is 31.2 Å². The van der Waals surface area contributed by atoms with Crippen LogP contribution in [-0.2, 0) is 6.42 Å². The molecule has 0 spiro atoms. The molecule has 0 radical (unpaired) electrons. The highest BCUT2D eigenvalue weighted by Gasteiger charge is 2.23. The Morgan fingerprint density at radius 1 is 1.40 bits per heavy atom. The molecule has 2 rings (SSSR count). The Kier molecular flexibility index (Phi) is 3.73. The van der Waals surface area contributed by atoms with Gasteiger partial charge in [0.05, 0.1) is 0 Å². The van der Waals surface area contributed by atoms with E-state index in [0.29, 0.717) is 6.04 Å². The minimum atomic E-state index is 0.707. The fourth-order valence-corrected chi connectivity index (χ4v) is 2.65. The summed E-state index contributed by atoms with van der Waals surface area (Å²) < 4.78 is 0. The molecule has 1 fully saturated rings. The number of hydrogen-bond donors (Lipinski definition) is 1. The number of aromatic nitrogens is 1. The van der Waals surface area contributed by atoms with E-state index in [-0.39, 0.29) is 0 Å². The Bertz CT molecular complexity index is 284. The summed E-state index contributed by atoms with van der Waals surface area (Å²) in [5, 5.41) is 3.45. The number of nitrogens with zero attached hydrogens (tertiary/aromatic N) is 1. The molecule has 0 aromatic carbocycles. The van der Waals surface area contributed by atoms with Gasteiger partial charge < -0.3 is 5.32 Å².